The summed E-state index contributed by atoms with van der Waals surface area (Å²) in [5.74, 6) is 0. The van der Waals surface area contributed by atoms with Crippen LogP contribution >= 0.6 is 0 Å². The predicted octanol–water partition coefficient (Wildman–Crippen LogP) is 2.69. The van der Waals surface area contributed by atoms with Crippen LogP contribution in [0.1, 0.15) is 27.2 Å². The zero-order valence-electron chi connectivity index (χ0n) is 12.4. The highest BCUT2D eigenvalue weighted by Gasteiger charge is 2.36. The summed E-state index contributed by atoms with van der Waals surface area (Å²) in [6.45, 7) is 7.99. The SMILES string of the molecule is CC(C)(C)OC(=O)N1CCN2C(=CC3=CC=CCC32)C1. The van der Waals surface area contributed by atoms with Crippen LogP contribution in [0.5, 0.6) is 0 Å². The molecule has 0 spiro atoms. The molecule has 4 nitrogen and oxygen atoms in total. The summed E-state index contributed by atoms with van der Waals surface area (Å²) in [7, 11) is 0. The van der Waals surface area contributed by atoms with E-state index in [1.54, 1.807) is 4.90 Å². The maximum atomic E-state index is 12.1. The maximum absolute atomic E-state index is 12.1. The molecule has 0 radical (unpaired) electrons. The molecule has 2 aliphatic heterocycles. The zero-order valence-corrected chi connectivity index (χ0v) is 12.4. The molecular weight excluding hydrogens is 252 g/mol. The molecule has 1 amide bonds. The van der Waals surface area contributed by atoms with Crippen LogP contribution in [0.4, 0.5) is 4.79 Å². The van der Waals surface area contributed by atoms with Crippen LogP contribution in [0, 0.1) is 0 Å². The van der Waals surface area contributed by atoms with Gasteiger partial charge in [0.25, 0.3) is 0 Å². The Labute approximate surface area is 120 Å². The van der Waals surface area contributed by atoms with E-state index in [0.29, 0.717) is 12.6 Å². The fraction of sp³-hybridized carbons (Fsp3) is 0.562. The number of carbonyl (C=O) groups excluding carboxylic acids is 1. The highest BCUT2D eigenvalue weighted by atomic mass is 16.6. The molecular formula is C16H22N2O2. The maximum Gasteiger partial charge on any atom is 0.410 e. The molecule has 3 rings (SSSR count). The summed E-state index contributed by atoms with van der Waals surface area (Å²) >= 11 is 0. The molecule has 0 saturated carbocycles. The number of allylic oxidation sites excluding steroid dienone is 2. The van der Waals surface area contributed by atoms with Gasteiger partial charge in [-0.15, -0.1) is 0 Å². The van der Waals surface area contributed by atoms with Gasteiger partial charge < -0.3 is 14.5 Å². The minimum Gasteiger partial charge on any atom is -0.444 e. The molecule has 1 unspecified atom stereocenters. The number of amides is 1. The molecule has 1 atom stereocenters. The number of hydrogen-bond acceptors (Lipinski definition) is 3. The van der Waals surface area contributed by atoms with Crippen LogP contribution in [0.25, 0.3) is 0 Å². The van der Waals surface area contributed by atoms with Crippen LogP contribution in [0.3, 0.4) is 0 Å². The molecule has 0 aromatic rings. The summed E-state index contributed by atoms with van der Waals surface area (Å²) in [6, 6.07) is 0.482. The number of fused-ring (bicyclic) bond motifs is 3. The molecule has 1 aliphatic carbocycles. The van der Waals surface area contributed by atoms with Gasteiger partial charge in [0, 0.05) is 18.8 Å². The first-order valence-electron chi connectivity index (χ1n) is 7.26. The summed E-state index contributed by atoms with van der Waals surface area (Å²) in [4.78, 5) is 16.4. The normalized spacial score (nSPS) is 24.9. The minimum absolute atomic E-state index is 0.208. The lowest BCUT2D eigenvalue weighted by atomic mass is 10.0. The van der Waals surface area contributed by atoms with Gasteiger partial charge in [0.1, 0.15) is 5.60 Å². The second kappa shape index (κ2) is 4.69. The van der Waals surface area contributed by atoms with Crippen molar-refractivity contribution in [3.8, 4) is 0 Å². The molecule has 0 bridgehead atoms. The van der Waals surface area contributed by atoms with Crippen molar-refractivity contribution in [3.05, 3.63) is 35.6 Å². The molecule has 1 saturated heterocycles. The van der Waals surface area contributed by atoms with Crippen molar-refractivity contribution in [2.75, 3.05) is 19.6 Å². The van der Waals surface area contributed by atoms with Gasteiger partial charge in [-0.1, -0.05) is 18.2 Å². The number of nitrogens with zero attached hydrogens (tertiary/aromatic N) is 2. The van der Waals surface area contributed by atoms with Crippen LogP contribution < -0.4 is 0 Å². The molecule has 4 heteroatoms. The molecule has 0 N–H and O–H groups in total. The van der Waals surface area contributed by atoms with Crippen LogP contribution in [-0.2, 0) is 4.74 Å². The van der Waals surface area contributed by atoms with Gasteiger partial charge in [0.15, 0.2) is 0 Å². The standard InChI is InChI=1S/C16H22N2O2/c1-16(2,3)20-15(19)17-8-9-18-13(11-17)10-12-6-4-5-7-14(12)18/h4-6,10,14H,7-9,11H2,1-3H3. The Morgan fingerprint density at radius 1 is 1.35 bits per heavy atom. The van der Waals surface area contributed by atoms with Gasteiger partial charge in [-0.25, -0.2) is 4.79 Å². The van der Waals surface area contributed by atoms with Gasteiger partial charge in [-0.3, -0.25) is 0 Å². The Balaban J connectivity index is 1.70. The molecule has 1 fully saturated rings. The summed E-state index contributed by atoms with van der Waals surface area (Å²) in [5.41, 5.74) is 2.18. The second-order valence-corrected chi connectivity index (χ2v) is 6.58. The van der Waals surface area contributed by atoms with Crippen molar-refractivity contribution < 1.29 is 9.53 Å². The highest BCUT2D eigenvalue weighted by molar-refractivity contribution is 5.69. The minimum atomic E-state index is -0.432. The van der Waals surface area contributed by atoms with Gasteiger partial charge >= 0.3 is 6.09 Å². The third kappa shape index (κ3) is 2.47. The smallest absolute Gasteiger partial charge is 0.410 e. The molecule has 20 heavy (non-hydrogen) atoms. The van der Waals surface area contributed by atoms with E-state index in [1.165, 1.54) is 11.3 Å². The molecule has 0 aromatic heterocycles. The number of piperazine rings is 1. The quantitative estimate of drug-likeness (QED) is 0.681. The monoisotopic (exact) mass is 274 g/mol. The van der Waals surface area contributed by atoms with Crippen molar-refractivity contribution in [1.29, 1.82) is 0 Å². The highest BCUT2D eigenvalue weighted by Crippen LogP contribution is 2.33. The lowest BCUT2D eigenvalue weighted by molar-refractivity contribution is 0.0192. The van der Waals surface area contributed by atoms with E-state index in [4.69, 9.17) is 4.74 Å². The van der Waals surface area contributed by atoms with E-state index < -0.39 is 5.60 Å². The first-order chi connectivity index (χ1) is 9.44. The summed E-state index contributed by atoms with van der Waals surface area (Å²) in [6.07, 6.45) is 9.60. The second-order valence-electron chi connectivity index (χ2n) is 6.58. The van der Waals surface area contributed by atoms with Crippen LogP contribution in [0.2, 0.25) is 0 Å². The fourth-order valence-electron chi connectivity index (χ4n) is 2.98. The Hall–Kier alpha value is -1.71. The van der Waals surface area contributed by atoms with Gasteiger partial charge in [0.2, 0.25) is 0 Å². The fourth-order valence-corrected chi connectivity index (χ4v) is 2.98. The largest absolute Gasteiger partial charge is 0.444 e. The van der Waals surface area contributed by atoms with Crippen molar-refractivity contribution >= 4 is 6.09 Å². The van der Waals surface area contributed by atoms with Gasteiger partial charge in [0.05, 0.1) is 12.6 Å². The van der Waals surface area contributed by atoms with Gasteiger partial charge in [-0.2, -0.15) is 0 Å². The van der Waals surface area contributed by atoms with Crippen LogP contribution in [0.15, 0.2) is 35.6 Å². The number of hydrogen-bond donors (Lipinski definition) is 0. The van der Waals surface area contributed by atoms with Crippen molar-refractivity contribution in [3.63, 3.8) is 0 Å². The lowest BCUT2D eigenvalue weighted by Crippen LogP contribution is -2.49. The average molecular weight is 274 g/mol. The van der Waals surface area contributed by atoms with Crippen molar-refractivity contribution in [2.45, 2.75) is 38.8 Å². The predicted molar refractivity (Wildman–Crippen MR) is 78.2 cm³/mol. The van der Waals surface area contributed by atoms with Crippen LogP contribution in [-0.4, -0.2) is 47.2 Å². The Morgan fingerprint density at radius 3 is 2.90 bits per heavy atom. The van der Waals surface area contributed by atoms with E-state index in [0.717, 1.165) is 19.5 Å². The molecule has 0 aromatic carbocycles. The Bertz CT molecular complexity index is 511. The average Bonchev–Trinajstić information content (AvgIpc) is 2.74. The molecule has 2 heterocycles. The lowest BCUT2D eigenvalue weighted by Gasteiger charge is -2.39. The first kappa shape index (κ1) is 13.3. The topological polar surface area (TPSA) is 32.8 Å². The van der Waals surface area contributed by atoms with E-state index >= 15 is 0 Å². The van der Waals surface area contributed by atoms with Crippen molar-refractivity contribution in [2.24, 2.45) is 0 Å². The number of rotatable bonds is 0. The number of carbonyl (C=O) groups is 1. The Morgan fingerprint density at radius 2 is 2.15 bits per heavy atom. The summed E-state index contributed by atoms with van der Waals surface area (Å²) < 4.78 is 5.46. The molecule has 108 valence electrons. The third-order valence-corrected chi connectivity index (χ3v) is 3.86. The van der Waals surface area contributed by atoms with E-state index in [2.05, 4.69) is 29.2 Å². The first-order valence-corrected chi connectivity index (χ1v) is 7.26. The van der Waals surface area contributed by atoms with Gasteiger partial charge in [-0.05, 0) is 38.8 Å². The zero-order chi connectivity index (χ0) is 14.3. The van der Waals surface area contributed by atoms with E-state index in [1.807, 2.05) is 20.8 Å². The Kier molecular flexibility index (Phi) is 3.11. The van der Waals surface area contributed by atoms with E-state index in [-0.39, 0.29) is 6.09 Å². The molecule has 3 aliphatic rings. The van der Waals surface area contributed by atoms with E-state index in [9.17, 15) is 4.79 Å². The number of ether oxygens (including phenoxy) is 1. The van der Waals surface area contributed by atoms with Crippen molar-refractivity contribution in [1.82, 2.24) is 9.80 Å². The summed E-state index contributed by atoms with van der Waals surface area (Å²) in [5, 5.41) is 0. The third-order valence-electron chi connectivity index (χ3n) is 3.86.